The summed E-state index contributed by atoms with van der Waals surface area (Å²) >= 11 is 1.61. The first-order chi connectivity index (χ1) is 14.4. The largest absolute Gasteiger partial charge is 0.325 e. The molecule has 1 aliphatic carbocycles. The normalized spacial score (nSPS) is 21.2. The minimum absolute atomic E-state index is 0.164. The van der Waals surface area contributed by atoms with E-state index in [-0.39, 0.29) is 18.4 Å². The zero-order valence-electron chi connectivity index (χ0n) is 16.3. The molecule has 1 saturated heterocycles. The number of carbonyl (C=O) groups is 3. The number of para-hydroxylation sites is 1. The van der Waals surface area contributed by atoms with Gasteiger partial charge in [-0.3, -0.25) is 14.5 Å². The predicted molar refractivity (Wildman–Crippen MR) is 115 cm³/mol. The molecule has 5 rings (SSSR count). The van der Waals surface area contributed by atoms with Gasteiger partial charge in [0, 0.05) is 11.3 Å². The van der Waals surface area contributed by atoms with Crippen LogP contribution in [0.2, 0.25) is 0 Å². The number of nitrogens with one attached hydrogen (secondary N) is 2. The number of benzene rings is 2. The number of thiazole rings is 1. The van der Waals surface area contributed by atoms with Crippen molar-refractivity contribution in [3.8, 4) is 10.6 Å². The van der Waals surface area contributed by atoms with E-state index in [1.165, 1.54) is 0 Å². The highest BCUT2D eigenvalue weighted by Gasteiger charge is 2.56. The Morgan fingerprint density at radius 3 is 2.63 bits per heavy atom. The molecule has 4 amide bonds. The van der Waals surface area contributed by atoms with E-state index in [2.05, 4.69) is 15.6 Å². The van der Waals surface area contributed by atoms with Gasteiger partial charge in [0.15, 0.2) is 0 Å². The van der Waals surface area contributed by atoms with Gasteiger partial charge in [-0.1, -0.05) is 12.1 Å². The molecule has 2 heterocycles. The van der Waals surface area contributed by atoms with Crippen LogP contribution in [0.4, 0.5) is 10.5 Å². The molecule has 0 bridgehead atoms. The van der Waals surface area contributed by atoms with Crippen molar-refractivity contribution in [3.05, 3.63) is 48.5 Å². The van der Waals surface area contributed by atoms with E-state index < -0.39 is 17.5 Å². The molecule has 152 valence electrons. The Bertz CT molecular complexity index is 1140. The number of aromatic nitrogens is 1. The van der Waals surface area contributed by atoms with Crippen molar-refractivity contribution < 1.29 is 14.4 Å². The second kappa shape index (κ2) is 6.91. The van der Waals surface area contributed by atoms with Crippen LogP contribution in [0.3, 0.4) is 0 Å². The van der Waals surface area contributed by atoms with Crippen molar-refractivity contribution in [2.45, 2.75) is 25.3 Å². The first kappa shape index (κ1) is 18.7. The van der Waals surface area contributed by atoms with Crippen LogP contribution >= 0.6 is 11.3 Å². The highest BCUT2D eigenvalue weighted by atomic mass is 32.1. The number of imide groups is 1. The highest BCUT2D eigenvalue weighted by molar-refractivity contribution is 7.21. The minimum Gasteiger partial charge on any atom is -0.325 e. The van der Waals surface area contributed by atoms with Crippen LogP contribution in [0.15, 0.2) is 48.5 Å². The molecule has 0 radical (unpaired) electrons. The fourth-order valence-electron chi connectivity index (χ4n) is 3.83. The number of fused-ring (bicyclic) bond motifs is 1. The molecule has 2 fully saturated rings. The molecule has 2 aliphatic rings. The maximum Gasteiger partial charge on any atom is 0.325 e. The summed E-state index contributed by atoms with van der Waals surface area (Å²) in [6.07, 6.45) is 1.84. The van der Waals surface area contributed by atoms with Crippen molar-refractivity contribution in [1.82, 2.24) is 15.2 Å². The Labute approximate surface area is 177 Å². The Morgan fingerprint density at radius 1 is 1.20 bits per heavy atom. The molecule has 1 aliphatic heterocycles. The molecule has 1 saturated carbocycles. The zero-order chi connectivity index (χ0) is 20.9. The van der Waals surface area contributed by atoms with Crippen molar-refractivity contribution >= 4 is 45.1 Å². The van der Waals surface area contributed by atoms with E-state index in [1.54, 1.807) is 30.4 Å². The van der Waals surface area contributed by atoms with Gasteiger partial charge in [0.1, 0.15) is 17.1 Å². The summed E-state index contributed by atoms with van der Waals surface area (Å²) in [5, 5.41) is 6.42. The van der Waals surface area contributed by atoms with E-state index in [0.29, 0.717) is 5.69 Å². The molecule has 7 nitrogen and oxygen atoms in total. The number of amides is 4. The third-order valence-corrected chi connectivity index (χ3v) is 6.79. The molecular formula is C22H20N4O3S. The van der Waals surface area contributed by atoms with Crippen LogP contribution in [0.25, 0.3) is 20.8 Å². The van der Waals surface area contributed by atoms with E-state index in [0.717, 1.165) is 38.5 Å². The second-order valence-corrected chi connectivity index (χ2v) is 8.94. The topological polar surface area (TPSA) is 91.4 Å². The predicted octanol–water partition coefficient (Wildman–Crippen LogP) is 3.62. The van der Waals surface area contributed by atoms with E-state index in [1.807, 2.05) is 36.4 Å². The number of hydrogen-bond donors (Lipinski definition) is 2. The summed E-state index contributed by atoms with van der Waals surface area (Å²) < 4.78 is 1.12. The van der Waals surface area contributed by atoms with Crippen LogP contribution in [0, 0.1) is 5.92 Å². The summed E-state index contributed by atoms with van der Waals surface area (Å²) in [4.78, 5) is 42.9. The zero-order valence-corrected chi connectivity index (χ0v) is 17.2. The van der Waals surface area contributed by atoms with Gasteiger partial charge in [-0.15, -0.1) is 11.3 Å². The van der Waals surface area contributed by atoms with Gasteiger partial charge in [0.25, 0.3) is 5.91 Å². The third kappa shape index (κ3) is 3.23. The number of hydrogen-bond acceptors (Lipinski definition) is 5. The molecule has 30 heavy (non-hydrogen) atoms. The lowest BCUT2D eigenvalue weighted by Gasteiger charge is -2.20. The maximum absolute atomic E-state index is 12.6. The van der Waals surface area contributed by atoms with Gasteiger partial charge in [-0.05, 0) is 62.1 Å². The van der Waals surface area contributed by atoms with Gasteiger partial charge in [0.05, 0.1) is 10.2 Å². The molecule has 8 heteroatoms. The van der Waals surface area contributed by atoms with Gasteiger partial charge in [-0.2, -0.15) is 0 Å². The Balaban J connectivity index is 1.25. The summed E-state index contributed by atoms with van der Waals surface area (Å²) in [6.45, 7) is 1.44. The minimum atomic E-state index is -0.879. The first-order valence-corrected chi connectivity index (χ1v) is 10.7. The maximum atomic E-state index is 12.6. The van der Waals surface area contributed by atoms with Crippen molar-refractivity contribution in [1.29, 1.82) is 0 Å². The monoisotopic (exact) mass is 420 g/mol. The summed E-state index contributed by atoms with van der Waals surface area (Å²) in [7, 11) is 0. The Hall–Kier alpha value is -3.26. The second-order valence-electron chi connectivity index (χ2n) is 7.91. The van der Waals surface area contributed by atoms with E-state index in [9.17, 15) is 14.4 Å². The third-order valence-electron chi connectivity index (χ3n) is 5.71. The SMILES string of the molecule is C[C@@]1(C2CC2)NC(=O)N(CC(=O)Nc2ccc(-c3nc4ccccc4s3)cc2)C1=O. The molecule has 2 N–H and O–H groups in total. The molecule has 1 atom stereocenters. The standard InChI is InChI=1S/C22H20N4O3S/c1-22(14-8-9-14)20(28)26(21(29)25-22)12-18(27)23-15-10-6-13(7-11-15)19-24-16-4-2-3-5-17(16)30-19/h2-7,10-11,14H,8-9,12H2,1H3,(H,23,27)(H,25,29)/t22-/m0/s1. The van der Waals surface area contributed by atoms with Gasteiger partial charge in [0.2, 0.25) is 5.91 Å². The van der Waals surface area contributed by atoms with E-state index in [4.69, 9.17) is 0 Å². The average molecular weight is 420 g/mol. The number of nitrogens with zero attached hydrogens (tertiary/aromatic N) is 2. The molecule has 2 aromatic carbocycles. The lowest BCUT2D eigenvalue weighted by atomic mass is 9.96. The highest BCUT2D eigenvalue weighted by Crippen LogP contribution is 2.42. The van der Waals surface area contributed by atoms with Crippen LogP contribution < -0.4 is 10.6 Å². The lowest BCUT2D eigenvalue weighted by molar-refractivity contribution is -0.134. The van der Waals surface area contributed by atoms with Gasteiger partial charge in [-0.25, -0.2) is 9.78 Å². The lowest BCUT2D eigenvalue weighted by Crippen LogP contribution is -2.46. The van der Waals surface area contributed by atoms with Crippen LogP contribution in [0.1, 0.15) is 19.8 Å². The van der Waals surface area contributed by atoms with Crippen molar-refractivity contribution in [3.63, 3.8) is 0 Å². The van der Waals surface area contributed by atoms with E-state index >= 15 is 0 Å². The fraction of sp³-hybridized carbons (Fsp3) is 0.273. The van der Waals surface area contributed by atoms with Gasteiger partial charge < -0.3 is 10.6 Å². The summed E-state index contributed by atoms with van der Waals surface area (Å²) in [5.41, 5.74) is 1.64. The van der Waals surface area contributed by atoms with Gasteiger partial charge >= 0.3 is 6.03 Å². The molecule has 3 aromatic rings. The number of rotatable bonds is 5. The first-order valence-electron chi connectivity index (χ1n) is 9.84. The number of anilines is 1. The van der Waals surface area contributed by atoms with Crippen LogP contribution in [0.5, 0.6) is 0 Å². The molecular weight excluding hydrogens is 400 g/mol. The quantitative estimate of drug-likeness (QED) is 0.617. The Morgan fingerprint density at radius 2 is 1.93 bits per heavy atom. The van der Waals surface area contributed by atoms with Crippen molar-refractivity contribution in [2.24, 2.45) is 5.92 Å². The molecule has 0 spiro atoms. The average Bonchev–Trinajstić information content (AvgIpc) is 3.47. The molecule has 0 unspecified atom stereocenters. The summed E-state index contributed by atoms with van der Waals surface area (Å²) in [6, 6.07) is 14.8. The van der Waals surface area contributed by atoms with Crippen molar-refractivity contribution in [2.75, 3.05) is 11.9 Å². The van der Waals surface area contributed by atoms with Crippen LogP contribution in [-0.4, -0.2) is 39.8 Å². The fourth-order valence-corrected chi connectivity index (χ4v) is 4.80. The summed E-state index contributed by atoms with van der Waals surface area (Å²) in [5.74, 6) is -0.570. The smallest absolute Gasteiger partial charge is 0.325 e. The Kier molecular flexibility index (Phi) is 4.32. The number of carbonyl (C=O) groups excluding carboxylic acids is 3. The number of urea groups is 1. The van der Waals surface area contributed by atoms with Crippen LogP contribution in [-0.2, 0) is 9.59 Å². The molecule has 1 aromatic heterocycles.